The van der Waals surface area contributed by atoms with Crippen molar-refractivity contribution in [1.82, 2.24) is 4.90 Å². The van der Waals surface area contributed by atoms with Crippen LogP contribution < -0.4 is 5.73 Å². The number of nitrogens with zero attached hydrogens (tertiary/aromatic N) is 1. The summed E-state index contributed by atoms with van der Waals surface area (Å²) < 4.78 is 0. The Hall–Kier alpha value is -1.06. The molecule has 0 aromatic carbocycles. The summed E-state index contributed by atoms with van der Waals surface area (Å²) in [5, 5.41) is 0. The number of hydrogen-bond acceptors (Lipinski definition) is 2. The minimum atomic E-state index is -0.363. The predicted molar refractivity (Wildman–Crippen MR) is 67.2 cm³/mol. The average molecular weight is 240 g/mol. The molecule has 0 aromatic heterocycles. The average Bonchev–Trinajstić information content (AvgIpc) is 2.78. The molecule has 2 amide bonds. The van der Waals surface area contributed by atoms with E-state index < -0.39 is 0 Å². The van der Waals surface area contributed by atoms with Gasteiger partial charge in [-0.05, 0) is 25.7 Å². The molecule has 0 aromatic rings. The maximum Gasteiger partial charge on any atom is 0.240 e. The fourth-order valence-corrected chi connectivity index (χ4v) is 2.51. The molecule has 0 bridgehead atoms. The fourth-order valence-electron chi connectivity index (χ4n) is 2.51. The summed E-state index contributed by atoms with van der Waals surface area (Å²) in [6, 6.07) is -0.363. The van der Waals surface area contributed by atoms with E-state index in [0.717, 1.165) is 38.5 Å². The van der Waals surface area contributed by atoms with Crippen molar-refractivity contribution in [2.75, 3.05) is 6.54 Å². The summed E-state index contributed by atoms with van der Waals surface area (Å²) in [7, 11) is 0. The monoisotopic (exact) mass is 240 g/mol. The molecule has 0 unspecified atom stereocenters. The molecule has 4 heteroatoms. The molecule has 0 radical (unpaired) electrons. The van der Waals surface area contributed by atoms with Gasteiger partial charge in [0, 0.05) is 12.5 Å². The summed E-state index contributed by atoms with van der Waals surface area (Å²) in [5.74, 6) is -0.168. The summed E-state index contributed by atoms with van der Waals surface area (Å²) in [5.41, 5.74) is 5.33. The molecule has 1 aliphatic rings. The number of carbonyl (C=O) groups is 2. The predicted octanol–water partition coefficient (Wildman–Crippen LogP) is 1.68. The van der Waals surface area contributed by atoms with E-state index in [2.05, 4.69) is 6.92 Å². The van der Waals surface area contributed by atoms with Gasteiger partial charge in [-0.2, -0.15) is 0 Å². The van der Waals surface area contributed by atoms with Crippen LogP contribution in [-0.2, 0) is 9.59 Å². The van der Waals surface area contributed by atoms with Crippen molar-refractivity contribution in [1.29, 1.82) is 0 Å². The Bertz CT molecular complexity index is 279. The zero-order valence-corrected chi connectivity index (χ0v) is 10.9. The molecule has 1 saturated heterocycles. The van der Waals surface area contributed by atoms with E-state index in [1.165, 1.54) is 0 Å². The van der Waals surface area contributed by atoms with E-state index in [4.69, 9.17) is 5.73 Å². The molecular formula is C13H24N2O2. The maximum atomic E-state index is 12.3. The number of nitrogens with two attached hydrogens (primary N) is 1. The third-order valence-corrected chi connectivity index (χ3v) is 3.61. The first-order chi connectivity index (χ1) is 8.11. The fraction of sp³-hybridized carbons (Fsp3) is 0.846. The van der Waals surface area contributed by atoms with Gasteiger partial charge in [0.1, 0.15) is 6.04 Å². The second-order valence-corrected chi connectivity index (χ2v) is 4.84. The van der Waals surface area contributed by atoms with Crippen LogP contribution in [0.5, 0.6) is 0 Å². The number of primary amides is 1. The summed E-state index contributed by atoms with van der Waals surface area (Å²) in [4.78, 5) is 25.3. The Morgan fingerprint density at radius 1 is 1.41 bits per heavy atom. The molecule has 1 rings (SSSR count). The zero-order valence-electron chi connectivity index (χ0n) is 10.9. The number of likely N-dealkylation sites (tertiary alicyclic amines) is 1. The summed E-state index contributed by atoms with van der Waals surface area (Å²) in [6.45, 7) is 4.85. The van der Waals surface area contributed by atoms with Gasteiger partial charge in [0.25, 0.3) is 0 Å². The van der Waals surface area contributed by atoms with Crippen molar-refractivity contribution in [2.24, 2.45) is 11.7 Å². The Kier molecular flexibility index (Phi) is 5.45. The van der Waals surface area contributed by atoms with Crippen LogP contribution in [0, 0.1) is 5.92 Å². The van der Waals surface area contributed by atoms with Gasteiger partial charge in [0.2, 0.25) is 11.8 Å². The van der Waals surface area contributed by atoms with Crippen molar-refractivity contribution < 1.29 is 9.59 Å². The standard InChI is InChI=1S/C13H24N2O2/c1-3-5-7-10(4-2)13(17)15-9-6-8-11(15)12(14)16/h10-11H,3-9H2,1-2H3,(H2,14,16)/t10-,11-/m1/s1. The van der Waals surface area contributed by atoms with Crippen LogP contribution in [0.15, 0.2) is 0 Å². The highest BCUT2D eigenvalue weighted by molar-refractivity contribution is 5.88. The van der Waals surface area contributed by atoms with Crippen LogP contribution in [0.4, 0.5) is 0 Å². The van der Waals surface area contributed by atoms with Gasteiger partial charge in [-0.25, -0.2) is 0 Å². The van der Waals surface area contributed by atoms with Crippen LogP contribution in [-0.4, -0.2) is 29.3 Å². The van der Waals surface area contributed by atoms with Gasteiger partial charge in [-0.15, -0.1) is 0 Å². The van der Waals surface area contributed by atoms with E-state index in [1.807, 2.05) is 6.92 Å². The number of rotatable bonds is 6. The summed E-state index contributed by atoms with van der Waals surface area (Å²) in [6.07, 6.45) is 5.56. The minimum Gasteiger partial charge on any atom is -0.368 e. The molecule has 4 nitrogen and oxygen atoms in total. The van der Waals surface area contributed by atoms with E-state index in [-0.39, 0.29) is 23.8 Å². The molecule has 1 aliphatic heterocycles. The Balaban J connectivity index is 2.63. The normalized spacial score (nSPS) is 21.5. The molecule has 0 aliphatic carbocycles. The highest BCUT2D eigenvalue weighted by Crippen LogP contribution is 2.23. The molecule has 1 fully saturated rings. The molecule has 17 heavy (non-hydrogen) atoms. The Morgan fingerprint density at radius 3 is 2.65 bits per heavy atom. The third-order valence-electron chi connectivity index (χ3n) is 3.61. The van der Waals surface area contributed by atoms with Crippen LogP contribution in [0.1, 0.15) is 52.4 Å². The quantitative estimate of drug-likeness (QED) is 0.767. The van der Waals surface area contributed by atoms with Gasteiger partial charge in [-0.3, -0.25) is 9.59 Å². The van der Waals surface area contributed by atoms with Gasteiger partial charge in [0.15, 0.2) is 0 Å². The van der Waals surface area contributed by atoms with E-state index >= 15 is 0 Å². The van der Waals surface area contributed by atoms with E-state index in [9.17, 15) is 9.59 Å². The first-order valence-electron chi connectivity index (χ1n) is 6.71. The number of unbranched alkanes of at least 4 members (excludes halogenated alkanes) is 1. The van der Waals surface area contributed by atoms with Gasteiger partial charge in [-0.1, -0.05) is 26.7 Å². The largest absolute Gasteiger partial charge is 0.368 e. The lowest BCUT2D eigenvalue weighted by atomic mass is 9.97. The van der Waals surface area contributed by atoms with E-state index in [1.54, 1.807) is 4.90 Å². The SMILES string of the molecule is CCCC[C@@H](CC)C(=O)N1CCC[C@@H]1C(N)=O. The molecule has 1 heterocycles. The second-order valence-electron chi connectivity index (χ2n) is 4.84. The van der Waals surface area contributed by atoms with Crippen LogP contribution in [0.3, 0.4) is 0 Å². The van der Waals surface area contributed by atoms with Crippen molar-refractivity contribution in [2.45, 2.75) is 58.4 Å². The molecular weight excluding hydrogens is 216 g/mol. The third kappa shape index (κ3) is 3.45. The molecule has 98 valence electrons. The molecule has 0 saturated carbocycles. The van der Waals surface area contributed by atoms with Crippen molar-refractivity contribution in [3.8, 4) is 0 Å². The second kappa shape index (κ2) is 6.62. The summed E-state index contributed by atoms with van der Waals surface area (Å²) >= 11 is 0. The molecule has 0 spiro atoms. The van der Waals surface area contributed by atoms with Gasteiger partial charge >= 0.3 is 0 Å². The van der Waals surface area contributed by atoms with Gasteiger partial charge < -0.3 is 10.6 Å². The zero-order chi connectivity index (χ0) is 12.8. The van der Waals surface area contributed by atoms with Crippen molar-refractivity contribution in [3.63, 3.8) is 0 Å². The first kappa shape index (κ1) is 14.0. The van der Waals surface area contributed by atoms with E-state index in [0.29, 0.717) is 6.54 Å². The van der Waals surface area contributed by atoms with Crippen LogP contribution in [0.2, 0.25) is 0 Å². The van der Waals surface area contributed by atoms with Crippen molar-refractivity contribution in [3.05, 3.63) is 0 Å². The first-order valence-corrected chi connectivity index (χ1v) is 6.71. The van der Waals surface area contributed by atoms with Gasteiger partial charge in [0.05, 0.1) is 0 Å². The lowest BCUT2D eigenvalue weighted by molar-refractivity contribution is -0.141. The smallest absolute Gasteiger partial charge is 0.240 e. The number of hydrogen-bond donors (Lipinski definition) is 1. The molecule has 2 atom stereocenters. The Morgan fingerprint density at radius 2 is 2.12 bits per heavy atom. The molecule has 2 N–H and O–H groups in total. The number of amides is 2. The topological polar surface area (TPSA) is 63.4 Å². The number of carbonyl (C=O) groups excluding carboxylic acids is 2. The lowest BCUT2D eigenvalue weighted by Crippen LogP contribution is -2.46. The van der Waals surface area contributed by atoms with Crippen LogP contribution >= 0.6 is 0 Å². The minimum absolute atomic E-state index is 0.0647. The van der Waals surface area contributed by atoms with Crippen LogP contribution in [0.25, 0.3) is 0 Å². The lowest BCUT2D eigenvalue weighted by Gasteiger charge is -2.26. The van der Waals surface area contributed by atoms with Crippen molar-refractivity contribution >= 4 is 11.8 Å². The maximum absolute atomic E-state index is 12.3. The highest BCUT2D eigenvalue weighted by atomic mass is 16.2. The highest BCUT2D eigenvalue weighted by Gasteiger charge is 2.35. The Labute approximate surface area is 104 Å².